The molecule has 0 unspecified atom stereocenters. The highest BCUT2D eigenvalue weighted by Crippen LogP contribution is 2.18. The average molecular weight is 302 g/mol. The zero-order valence-electron chi connectivity index (χ0n) is 7.40. The molecule has 0 N–H and O–H groups in total. The van der Waals surface area contributed by atoms with Crippen LogP contribution in [0.2, 0.25) is 0 Å². The van der Waals surface area contributed by atoms with Gasteiger partial charge in [0.1, 0.15) is 9.22 Å². The number of fused-ring (bicyclic) bond motifs is 1. The van der Waals surface area contributed by atoms with Gasteiger partial charge in [0.2, 0.25) is 0 Å². The Bertz CT molecular complexity index is 493. The molecule has 0 bridgehead atoms. The molecular formula is C9H7IN2O2. The quantitative estimate of drug-likeness (QED) is 0.752. The number of benzene rings is 1. The second kappa shape index (κ2) is 3.56. The van der Waals surface area contributed by atoms with Gasteiger partial charge in [-0.05, 0) is 34.7 Å². The van der Waals surface area contributed by atoms with Gasteiger partial charge in [-0.3, -0.25) is 0 Å². The van der Waals surface area contributed by atoms with Crippen molar-refractivity contribution in [3.63, 3.8) is 0 Å². The van der Waals surface area contributed by atoms with E-state index in [1.165, 1.54) is 11.8 Å². The predicted octanol–water partition coefficient (Wildman–Crippen LogP) is 1.62. The number of carbonyl (C=O) groups is 1. The number of carbonyl (C=O) groups excluding carboxylic acids is 1. The Morgan fingerprint density at radius 3 is 2.93 bits per heavy atom. The van der Waals surface area contributed by atoms with Gasteiger partial charge in [0.15, 0.2) is 0 Å². The summed E-state index contributed by atoms with van der Waals surface area (Å²) in [4.78, 5) is 16.9. The molecule has 1 aromatic heterocycles. The van der Waals surface area contributed by atoms with Crippen LogP contribution in [-0.4, -0.2) is 15.9 Å². The fraction of sp³-hybridized carbons (Fsp3) is 0.111. The summed E-state index contributed by atoms with van der Waals surface area (Å²) in [6, 6.07) is 7.59. The molecule has 1 aromatic carbocycles. The molecule has 0 spiro atoms. The van der Waals surface area contributed by atoms with Gasteiger partial charge in [-0.1, -0.05) is 17.0 Å². The third-order valence-electron chi connectivity index (χ3n) is 1.73. The molecule has 0 aliphatic heterocycles. The minimum absolute atomic E-state index is 0.380. The Morgan fingerprint density at radius 2 is 2.21 bits per heavy atom. The number of hydrogen-bond donors (Lipinski definition) is 0. The highest BCUT2D eigenvalue weighted by molar-refractivity contribution is 14.1. The van der Waals surface area contributed by atoms with Crippen LogP contribution in [-0.2, 0) is 4.79 Å². The van der Waals surface area contributed by atoms with Crippen molar-refractivity contribution < 1.29 is 9.63 Å². The highest BCUT2D eigenvalue weighted by Gasteiger charge is 2.09. The summed E-state index contributed by atoms with van der Waals surface area (Å²) < 4.78 is 0.819. The minimum Gasteiger partial charge on any atom is -0.319 e. The Hall–Kier alpha value is -1.11. The smallest absolute Gasteiger partial charge is 0.319 e. The summed E-state index contributed by atoms with van der Waals surface area (Å²) in [5, 5.41) is 5.07. The topological polar surface area (TPSA) is 44.1 Å². The number of nitrogens with zero attached hydrogens (tertiary/aromatic N) is 2. The number of aromatic nitrogens is 2. The van der Waals surface area contributed by atoms with Gasteiger partial charge < -0.3 is 4.84 Å². The van der Waals surface area contributed by atoms with Crippen molar-refractivity contribution in [3.8, 4) is 0 Å². The molecule has 1 heterocycles. The Kier molecular flexibility index (Phi) is 2.40. The second-order valence-corrected chi connectivity index (χ2v) is 3.79. The monoisotopic (exact) mass is 302 g/mol. The van der Waals surface area contributed by atoms with Crippen molar-refractivity contribution in [2.75, 3.05) is 0 Å². The SMILES string of the molecule is CC(=O)On1nc(I)c2ccccc21. The standard InChI is InChI=1S/C9H7IN2O2/c1-6(13)14-12-8-5-3-2-4-7(8)9(10)11-12/h2-5H,1H3. The lowest BCUT2D eigenvalue weighted by Gasteiger charge is -1.99. The van der Waals surface area contributed by atoms with Crippen LogP contribution in [0.3, 0.4) is 0 Å². The molecule has 0 saturated heterocycles. The fourth-order valence-electron chi connectivity index (χ4n) is 1.19. The lowest BCUT2D eigenvalue weighted by molar-refractivity contribution is -0.142. The third kappa shape index (κ3) is 1.59. The summed E-state index contributed by atoms with van der Waals surface area (Å²) in [6.07, 6.45) is 0. The average Bonchev–Trinajstić information content (AvgIpc) is 2.44. The van der Waals surface area contributed by atoms with Gasteiger partial charge in [0.05, 0.1) is 0 Å². The van der Waals surface area contributed by atoms with E-state index in [0.717, 1.165) is 14.6 Å². The van der Waals surface area contributed by atoms with Crippen LogP contribution in [0, 0.1) is 3.70 Å². The van der Waals surface area contributed by atoms with Gasteiger partial charge in [-0.25, -0.2) is 4.79 Å². The largest absolute Gasteiger partial charge is 0.331 e. The van der Waals surface area contributed by atoms with Crippen LogP contribution in [0.15, 0.2) is 24.3 Å². The maximum absolute atomic E-state index is 10.8. The molecule has 2 aromatic rings. The van der Waals surface area contributed by atoms with Crippen LogP contribution in [0.5, 0.6) is 0 Å². The summed E-state index contributed by atoms with van der Waals surface area (Å²) >= 11 is 2.10. The van der Waals surface area contributed by atoms with E-state index in [4.69, 9.17) is 4.84 Å². The van der Waals surface area contributed by atoms with Crippen LogP contribution < -0.4 is 4.84 Å². The van der Waals surface area contributed by atoms with Gasteiger partial charge in [-0.15, -0.1) is 5.10 Å². The zero-order chi connectivity index (χ0) is 10.1. The Labute approximate surface area is 93.9 Å². The van der Waals surface area contributed by atoms with Crippen molar-refractivity contribution in [3.05, 3.63) is 28.0 Å². The van der Waals surface area contributed by atoms with E-state index in [1.807, 2.05) is 24.3 Å². The van der Waals surface area contributed by atoms with E-state index in [2.05, 4.69) is 27.7 Å². The summed E-state index contributed by atoms with van der Waals surface area (Å²) in [7, 11) is 0. The van der Waals surface area contributed by atoms with Crippen LogP contribution in [0.1, 0.15) is 6.92 Å². The molecule has 72 valence electrons. The van der Waals surface area contributed by atoms with E-state index in [1.54, 1.807) is 0 Å². The van der Waals surface area contributed by atoms with Gasteiger partial charge >= 0.3 is 5.97 Å². The lowest BCUT2D eigenvalue weighted by Crippen LogP contribution is -2.17. The van der Waals surface area contributed by atoms with E-state index in [0.29, 0.717) is 0 Å². The highest BCUT2D eigenvalue weighted by atomic mass is 127. The lowest BCUT2D eigenvalue weighted by atomic mass is 10.3. The summed E-state index contributed by atoms with van der Waals surface area (Å²) in [5.74, 6) is -0.380. The summed E-state index contributed by atoms with van der Waals surface area (Å²) in [6.45, 7) is 1.35. The molecule has 0 radical (unpaired) electrons. The van der Waals surface area contributed by atoms with Crippen LogP contribution in [0.4, 0.5) is 0 Å². The molecule has 4 nitrogen and oxygen atoms in total. The number of rotatable bonds is 1. The second-order valence-electron chi connectivity index (χ2n) is 2.76. The van der Waals surface area contributed by atoms with Crippen molar-refractivity contribution in [2.45, 2.75) is 6.92 Å². The van der Waals surface area contributed by atoms with Gasteiger partial charge in [-0.2, -0.15) is 0 Å². The molecule has 0 fully saturated rings. The van der Waals surface area contributed by atoms with E-state index >= 15 is 0 Å². The first kappa shape index (κ1) is 9.45. The van der Waals surface area contributed by atoms with Crippen molar-refractivity contribution >= 4 is 39.5 Å². The van der Waals surface area contributed by atoms with Crippen molar-refractivity contribution in [1.29, 1.82) is 0 Å². The Morgan fingerprint density at radius 1 is 1.50 bits per heavy atom. The van der Waals surface area contributed by atoms with Crippen molar-refractivity contribution in [1.82, 2.24) is 9.94 Å². The molecule has 2 rings (SSSR count). The third-order valence-corrected chi connectivity index (χ3v) is 2.52. The first-order chi connectivity index (χ1) is 6.68. The van der Waals surface area contributed by atoms with Gasteiger partial charge in [0.25, 0.3) is 0 Å². The van der Waals surface area contributed by atoms with Crippen LogP contribution in [0.25, 0.3) is 10.9 Å². The zero-order valence-corrected chi connectivity index (χ0v) is 9.56. The molecule has 0 atom stereocenters. The fourth-order valence-corrected chi connectivity index (χ4v) is 1.85. The normalized spacial score (nSPS) is 10.4. The molecule has 0 saturated carbocycles. The molecule has 0 aliphatic carbocycles. The van der Waals surface area contributed by atoms with E-state index in [-0.39, 0.29) is 5.97 Å². The van der Waals surface area contributed by atoms with Crippen molar-refractivity contribution in [2.24, 2.45) is 0 Å². The molecule has 0 aliphatic rings. The minimum atomic E-state index is -0.380. The number of halogens is 1. The maximum Gasteiger partial charge on any atom is 0.331 e. The van der Waals surface area contributed by atoms with E-state index in [9.17, 15) is 4.79 Å². The molecule has 5 heteroatoms. The number of hydrogen-bond acceptors (Lipinski definition) is 3. The first-order valence-corrected chi connectivity index (χ1v) is 5.08. The van der Waals surface area contributed by atoms with Crippen LogP contribution >= 0.6 is 22.6 Å². The summed E-state index contributed by atoms with van der Waals surface area (Å²) in [5.41, 5.74) is 0.798. The Balaban J connectivity index is 2.60. The molecule has 0 amide bonds. The van der Waals surface area contributed by atoms with E-state index < -0.39 is 0 Å². The predicted molar refractivity (Wildman–Crippen MR) is 59.7 cm³/mol. The molecular weight excluding hydrogens is 295 g/mol. The maximum atomic E-state index is 10.8. The van der Waals surface area contributed by atoms with Gasteiger partial charge in [0, 0.05) is 12.3 Å². The first-order valence-electron chi connectivity index (χ1n) is 4.00. The molecule has 14 heavy (non-hydrogen) atoms. The number of para-hydroxylation sites is 1.